The van der Waals surface area contributed by atoms with Crippen LogP contribution in [0.15, 0.2) is 72.8 Å². The van der Waals surface area contributed by atoms with Crippen LogP contribution >= 0.6 is 22.6 Å². The van der Waals surface area contributed by atoms with Gasteiger partial charge < -0.3 is 0 Å². The molecule has 0 spiro atoms. The number of rotatable bonds is 2. The molecule has 0 saturated heterocycles. The number of hydrogen-bond acceptors (Lipinski definition) is 0. The summed E-state index contributed by atoms with van der Waals surface area (Å²) in [5.41, 5.74) is 6.41. The lowest BCUT2D eigenvalue weighted by molar-refractivity contribution is 1.46. The van der Waals surface area contributed by atoms with E-state index in [2.05, 4.69) is 102 Å². The van der Waals surface area contributed by atoms with Gasteiger partial charge in [-0.15, -0.1) is 0 Å². The molecule has 3 aromatic carbocycles. The Hall–Kier alpha value is -1.61. The quantitative estimate of drug-likeness (QED) is 0.490. The Bertz CT molecular complexity index is 713. The van der Waals surface area contributed by atoms with Gasteiger partial charge in [0, 0.05) is 3.57 Å². The Labute approximate surface area is 133 Å². The van der Waals surface area contributed by atoms with E-state index in [0.29, 0.717) is 0 Å². The molecule has 0 saturated carbocycles. The summed E-state index contributed by atoms with van der Waals surface area (Å²) in [4.78, 5) is 0. The summed E-state index contributed by atoms with van der Waals surface area (Å²) in [6.45, 7) is 2.12. The second-order valence-corrected chi connectivity index (χ2v) is 6.17. The SMILES string of the molecule is Cc1ccc(-c2ccc(I)cc2-c2ccccc2)cc1. The van der Waals surface area contributed by atoms with Crippen LogP contribution in [0.3, 0.4) is 0 Å². The molecule has 20 heavy (non-hydrogen) atoms. The van der Waals surface area contributed by atoms with Crippen LogP contribution in [-0.4, -0.2) is 0 Å². The van der Waals surface area contributed by atoms with Crippen molar-refractivity contribution in [1.29, 1.82) is 0 Å². The van der Waals surface area contributed by atoms with E-state index < -0.39 is 0 Å². The summed E-state index contributed by atoms with van der Waals surface area (Å²) < 4.78 is 1.26. The Morgan fingerprint density at radius 1 is 0.650 bits per heavy atom. The van der Waals surface area contributed by atoms with Gasteiger partial charge in [-0.1, -0.05) is 66.2 Å². The molecule has 0 amide bonds. The zero-order valence-electron chi connectivity index (χ0n) is 11.3. The molecule has 0 N–H and O–H groups in total. The monoisotopic (exact) mass is 370 g/mol. The number of hydrogen-bond donors (Lipinski definition) is 0. The molecule has 0 nitrogen and oxygen atoms in total. The zero-order chi connectivity index (χ0) is 13.9. The average Bonchev–Trinajstić information content (AvgIpc) is 2.49. The van der Waals surface area contributed by atoms with Crippen molar-refractivity contribution in [1.82, 2.24) is 0 Å². The smallest absolute Gasteiger partial charge is 0.0136 e. The molecule has 0 aromatic heterocycles. The van der Waals surface area contributed by atoms with Crippen molar-refractivity contribution < 1.29 is 0 Å². The first kappa shape index (κ1) is 13.4. The van der Waals surface area contributed by atoms with Gasteiger partial charge in [-0.05, 0) is 63.9 Å². The van der Waals surface area contributed by atoms with Gasteiger partial charge in [0.05, 0.1) is 0 Å². The molecule has 1 heteroatoms. The maximum absolute atomic E-state index is 2.37. The second-order valence-electron chi connectivity index (χ2n) is 4.92. The maximum atomic E-state index is 2.37. The summed E-state index contributed by atoms with van der Waals surface area (Å²) in [6, 6.07) is 26.0. The average molecular weight is 370 g/mol. The van der Waals surface area contributed by atoms with Crippen molar-refractivity contribution in [2.24, 2.45) is 0 Å². The molecule has 98 valence electrons. The van der Waals surface area contributed by atoms with E-state index in [0.717, 1.165) is 0 Å². The van der Waals surface area contributed by atoms with E-state index in [-0.39, 0.29) is 0 Å². The van der Waals surface area contributed by atoms with Crippen LogP contribution in [0.2, 0.25) is 0 Å². The summed E-state index contributed by atoms with van der Waals surface area (Å²) in [5.74, 6) is 0. The maximum Gasteiger partial charge on any atom is 0.0136 e. The zero-order valence-corrected chi connectivity index (χ0v) is 13.5. The first-order valence-electron chi connectivity index (χ1n) is 6.66. The van der Waals surface area contributed by atoms with Crippen LogP contribution in [0.5, 0.6) is 0 Å². The van der Waals surface area contributed by atoms with Crippen molar-refractivity contribution in [2.45, 2.75) is 6.92 Å². The fourth-order valence-electron chi connectivity index (χ4n) is 2.36. The summed E-state index contributed by atoms with van der Waals surface area (Å²) >= 11 is 2.37. The predicted molar refractivity (Wildman–Crippen MR) is 94.8 cm³/mol. The molecule has 0 heterocycles. The molecule has 0 bridgehead atoms. The van der Waals surface area contributed by atoms with Gasteiger partial charge in [0.2, 0.25) is 0 Å². The van der Waals surface area contributed by atoms with Crippen LogP contribution in [0.25, 0.3) is 22.3 Å². The van der Waals surface area contributed by atoms with Gasteiger partial charge in [-0.3, -0.25) is 0 Å². The predicted octanol–water partition coefficient (Wildman–Crippen LogP) is 5.93. The van der Waals surface area contributed by atoms with Crippen molar-refractivity contribution >= 4 is 22.6 Å². The van der Waals surface area contributed by atoms with Crippen molar-refractivity contribution in [3.63, 3.8) is 0 Å². The second kappa shape index (κ2) is 5.80. The third kappa shape index (κ3) is 2.78. The molecule has 3 rings (SSSR count). The molecule has 0 unspecified atom stereocenters. The Kier molecular flexibility index (Phi) is 3.88. The minimum absolute atomic E-state index is 1.26. The van der Waals surface area contributed by atoms with Gasteiger partial charge in [0.1, 0.15) is 0 Å². The highest BCUT2D eigenvalue weighted by atomic mass is 127. The number of benzene rings is 3. The van der Waals surface area contributed by atoms with Gasteiger partial charge >= 0.3 is 0 Å². The van der Waals surface area contributed by atoms with Crippen LogP contribution in [0.4, 0.5) is 0 Å². The van der Waals surface area contributed by atoms with Gasteiger partial charge in [-0.25, -0.2) is 0 Å². The molecule has 3 aromatic rings. The van der Waals surface area contributed by atoms with E-state index in [9.17, 15) is 0 Å². The molecular formula is C19H15I. The number of halogens is 1. The van der Waals surface area contributed by atoms with Crippen molar-refractivity contribution in [2.75, 3.05) is 0 Å². The first-order valence-corrected chi connectivity index (χ1v) is 7.74. The summed E-state index contributed by atoms with van der Waals surface area (Å²) in [7, 11) is 0. The van der Waals surface area contributed by atoms with Crippen LogP contribution in [-0.2, 0) is 0 Å². The Balaban J connectivity index is 2.19. The van der Waals surface area contributed by atoms with Gasteiger partial charge in [0.25, 0.3) is 0 Å². The molecule has 0 aliphatic carbocycles. The van der Waals surface area contributed by atoms with E-state index in [1.807, 2.05) is 0 Å². The largest absolute Gasteiger partial charge is 0.0622 e. The lowest BCUT2D eigenvalue weighted by Gasteiger charge is -2.11. The standard InChI is InChI=1S/C19H15I/c1-14-7-9-16(10-8-14)18-12-11-17(20)13-19(18)15-5-3-2-4-6-15/h2-13H,1H3. The highest BCUT2D eigenvalue weighted by Gasteiger charge is 2.07. The van der Waals surface area contributed by atoms with E-state index in [1.165, 1.54) is 31.4 Å². The first-order chi connectivity index (χ1) is 9.74. The van der Waals surface area contributed by atoms with Gasteiger partial charge in [-0.2, -0.15) is 0 Å². The Morgan fingerprint density at radius 2 is 1.30 bits per heavy atom. The van der Waals surface area contributed by atoms with Crippen LogP contribution in [0.1, 0.15) is 5.56 Å². The molecule has 0 fully saturated rings. The lowest BCUT2D eigenvalue weighted by atomic mass is 9.94. The summed E-state index contributed by atoms with van der Waals surface area (Å²) in [6.07, 6.45) is 0. The third-order valence-corrected chi connectivity index (χ3v) is 4.10. The third-order valence-electron chi connectivity index (χ3n) is 3.43. The molecule has 0 radical (unpaired) electrons. The fraction of sp³-hybridized carbons (Fsp3) is 0.0526. The van der Waals surface area contributed by atoms with E-state index in [1.54, 1.807) is 0 Å². The molecule has 0 aliphatic heterocycles. The summed E-state index contributed by atoms with van der Waals surface area (Å²) in [5, 5.41) is 0. The molecular weight excluding hydrogens is 355 g/mol. The molecule has 0 atom stereocenters. The highest BCUT2D eigenvalue weighted by molar-refractivity contribution is 14.1. The topological polar surface area (TPSA) is 0 Å². The van der Waals surface area contributed by atoms with Crippen LogP contribution in [0, 0.1) is 10.5 Å². The highest BCUT2D eigenvalue weighted by Crippen LogP contribution is 2.33. The number of aryl methyl sites for hydroxylation is 1. The van der Waals surface area contributed by atoms with Crippen LogP contribution < -0.4 is 0 Å². The minimum atomic E-state index is 1.26. The van der Waals surface area contributed by atoms with Crippen molar-refractivity contribution in [3.05, 3.63) is 81.9 Å². The van der Waals surface area contributed by atoms with Crippen molar-refractivity contribution in [3.8, 4) is 22.3 Å². The van der Waals surface area contributed by atoms with Gasteiger partial charge in [0.15, 0.2) is 0 Å². The minimum Gasteiger partial charge on any atom is -0.0622 e. The molecule has 0 aliphatic rings. The van der Waals surface area contributed by atoms with E-state index in [4.69, 9.17) is 0 Å². The van der Waals surface area contributed by atoms with E-state index >= 15 is 0 Å². The fourth-order valence-corrected chi connectivity index (χ4v) is 2.85. The Morgan fingerprint density at radius 3 is 2.00 bits per heavy atom. The normalized spacial score (nSPS) is 10.5. The lowest BCUT2D eigenvalue weighted by Crippen LogP contribution is -1.87.